The van der Waals surface area contributed by atoms with Gasteiger partial charge in [-0.15, -0.1) is 0 Å². The Morgan fingerprint density at radius 3 is 2.35 bits per heavy atom. The molecule has 2 N–H and O–H groups in total. The van der Waals surface area contributed by atoms with Crippen molar-refractivity contribution in [3.63, 3.8) is 0 Å². The molecule has 2 rings (SSSR count). The van der Waals surface area contributed by atoms with Gasteiger partial charge in [0.2, 0.25) is 0 Å². The van der Waals surface area contributed by atoms with Gasteiger partial charge in [-0.2, -0.15) is 8.78 Å². The van der Waals surface area contributed by atoms with Crippen LogP contribution in [0.1, 0.15) is 24.0 Å². The minimum Gasteiger partial charge on any atom is -0.493 e. The summed E-state index contributed by atoms with van der Waals surface area (Å²) in [6, 6.07) is 13.5. The lowest BCUT2D eigenvalue weighted by molar-refractivity contribution is -0.147. The molecule has 0 spiro atoms. The highest BCUT2D eigenvalue weighted by atomic mass is 19.3. The van der Waals surface area contributed by atoms with E-state index in [0.717, 1.165) is 6.07 Å². The van der Waals surface area contributed by atoms with E-state index in [0.29, 0.717) is 5.56 Å². The molecule has 0 saturated heterocycles. The van der Waals surface area contributed by atoms with Crippen LogP contribution < -0.4 is 10.1 Å². The third-order valence-electron chi connectivity index (χ3n) is 3.78. The Kier molecular flexibility index (Phi) is 6.27. The number of nitrogens with one attached hydrogen (secondary N) is 1. The second kappa shape index (κ2) is 8.42. The van der Waals surface area contributed by atoms with Gasteiger partial charge in [-0.05, 0) is 24.6 Å². The summed E-state index contributed by atoms with van der Waals surface area (Å²) >= 11 is 0. The summed E-state index contributed by atoms with van der Waals surface area (Å²) in [7, 11) is 0. The molecule has 2 aromatic carbocycles. The van der Waals surface area contributed by atoms with Crippen LogP contribution in [0.5, 0.6) is 5.75 Å². The highest BCUT2D eigenvalue weighted by Gasteiger charge is 2.43. The molecule has 0 aliphatic heterocycles. The molecule has 0 aliphatic rings. The molecule has 7 heteroatoms. The number of rotatable bonds is 8. The van der Waals surface area contributed by atoms with Crippen molar-refractivity contribution in [3.05, 3.63) is 65.7 Å². The summed E-state index contributed by atoms with van der Waals surface area (Å²) in [6.45, 7) is 1.36. The molecular weight excluding hydrogens is 344 g/mol. The Balaban J connectivity index is 2.16. The zero-order chi connectivity index (χ0) is 19.2. The van der Waals surface area contributed by atoms with Crippen LogP contribution in [-0.4, -0.2) is 30.1 Å². The quantitative estimate of drug-likeness (QED) is 0.755. The van der Waals surface area contributed by atoms with Crippen molar-refractivity contribution in [2.75, 3.05) is 13.2 Å². The molecule has 2 aromatic rings. The lowest BCUT2D eigenvalue weighted by Gasteiger charge is -2.21. The number of ether oxygens (including phenoxy) is 1. The molecule has 138 valence electrons. The highest BCUT2D eigenvalue weighted by molar-refractivity contribution is 5.86. The van der Waals surface area contributed by atoms with Gasteiger partial charge < -0.3 is 15.2 Å². The number of alkyl halides is 2. The zero-order valence-corrected chi connectivity index (χ0v) is 14.1. The van der Waals surface area contributed by atoms with Gasteiger partial charge >= 0.3 is 11.9 Å². The maximum absolute atomic E-state index is 14.5. The average Bonchev–Trinajstić information content (AvgIpc) is 2.63. The standard InChI is InChI=1S/C19H19F2NO4/c1-2-26-16-11-7-6-10-15(16)19(20,21)18(25)22-12-14(17(23)24)13-8-4-3-5-9-13/h3-11,14H,2,12H2,1H3,(H,22,25)(H,23,24). The smallest absolute Gasteiger partial charge is 0.353 e. The predicted octanol–water partition coefficient (Wildman–Crippen LogP) is 3.16. The molecule has 1 atom stereocenters. The van der Waals surface area contributed by atoms with Crippen LogP contribution >= 0.6 is 0 Å². The van der Waals surface area contributed by atoms with Crippen LogP contribution in [0.4, 0.5) is 8.78 Å². The summed E-state index contributed by atoms with van der Waals surface area (Å²) in [5.74, 6) is -7.86. The van der Waals surface area contributed by atoms with Crippen molar-refractivity contribution >= 4 is 11.9 Å². The number of carboxylic acid groups (broad SMARTS) is 1. The van der Waals surface area contributed by atoms with Crippen LogP contribution in [0.3, 0.4) is 0 Å². The molecule has 0 fully saturated rings. The van der Waals surface area contributed by atoms with Crippen LogP contribution in [0, 0.1) is 0 Å². The molecule has 5 nitrogen and oxygen atoms in total. The molecule has 0 saturated carbocycles. The molecule has 1 unspecified atom stereocenters. The van der Waals surface area contributed by atoms with Crippen molar-refractivity contribution < 1.29 is 28.2 Å². The third kappa shape index (κ3) is 4.36. The number of hydrogen-bond acceptors (Lipinski definition) is 3. The van der Waals surface area contributed by atoms with Crippen molar-refractivity contribution in [2.24, 2.45) is 0 Å². The Hall–Kier alpha value is -2.96. The first-order valence-electron chi connectivity index (χ1n) is 8.04. The SMILES string of the molecule is CCOc1ccccc1C(F)(F)C(=O)NCC(C(=O)O)c1ccccc1. The van der Waals surface area contributed by atoms with E-state index in [2.05, 4.69) is 0 Å². The predicted molar refractivity (Wildman–Crippen MR) is 91.3 cm³/mol. The van der Waals surface area contributed by atoms with Crippen molar-refractivity contribution in [3.8, 4) is 5.75 Å². The first-order chi connectivity index (χ1) is 12.4. The summed E-state index contributed by atoms with van der Waals surface area (Å²) in [6.07, 6.45) is 0. The van der Waals surface area contributed by atoms with Gasteiger partial charge in [0.25, 0.3) is 5.91 Å². The fraction of sp³-hybridized carbons (Fsp3) is 0.263. The van der Waals surface area contributed by atoms with Gasteiger partial charge in [0.05, 0.1) is 18.1 Å². The van der Waals surface area contributed by atoms with E-state index in [9.17, 15) is 23.5 Å². The molecule has 0 heterocycles. The van der Waals surface area contributed by atoms with Crippen LogP contribution in [-0.2, 0) is 15.5 Å². The summed E-state index contributed by atoms with van der Waals surface area (Å²) in [4.78, 5) is 23.5. The lowest BCUT2D eigenvalue weighted by Crippen LogP contribution is -2.41. The topological polar surface area (TPSA) is 75.6 Å². The number of carbonyl (C=O) groups excluding carboxylic acids is 1. The normalized spacial score (nSPS) is 12.3. The third-order valence-corrected chi connectivity index (χ3v) is 3.78. The minimum absolute atomic E-state index is 0.0898. The summed E-state index contributed by atoms with van der Waals surface area (Å²) in [5.41, 5.74) is -0.149. The zero-order valence-electron chi connectivity index (χ0n) is 14.1. The van der Waals surface area contributed by atoms with Gasteiger partial charge in [0.1, 0.15) is 5.75 Å². The maximum atomic E-state index is 14.5. The lowest BCUT2D eigenvalue weighted by atomic mass is 9.99. The van der Waals surface area contributed by atoms with E-state index >= 15 is 0 Å². The van der Waals surface area contributed by atoms with Gasteiger partial charge in [-0.1, -0.05) is 42.5 Å². The van der Waals surface area contributed by atoms with E-state index in [-0.39, 0.29) is 12.4 Å². The number of halogens is 2. The van der Waals surface area contributed by atoms with Crippen molar-refractivity contribution in [1.29, 1.82) is 0 Å². The first kappa shape index (κ1) is 19.4. The second-order valence-corrected chi connectivity index (χ2v) is 5.52. The van der Waals surface area contributed by atoms with E-state index < -0.39 is 35.8 Å². The highest BCUT2D eigenvalue weighted by Crippen LogP contribution is 2.35. The number of carboxylic acids is 1. The van der Waals surface area contributed by atoms with Gasteiger partial charge in [-0.3, -0.25) is 9.59 Å². The fourth-order valence-electron chi connectivity index (χ4n) is 2.47. The Morgan fingerprint density at radius 2 is 1.73 bits per heavy atom. The summed E-state index contributed by atoms with van der Waals surface area (Å²) in [5, 5.41) is 11.4. The van der Waals surface area contributed by atoms with Crippen LogP contribution in [0.2, 0.25) is 0 Å². The second-order valence-electron chi connectivity index (χ2n) is 5.52. The van der Waals surface area contributed by atoms with Crippen LogP contribution in [0.25, 0.3) is 0 Å². The molecule has 0 bridgehead atoms. The Labute approximate surface area is 149 Å². The molecular formula is C19H19F2NO4. The van der Waals surface area contributed by atoms with Gasteiger partial charge in [0, 0.05) is 6.54 Å². The number of hydrogen-bond donors (Lipinski definition) is 2. The molecule has 1 amide bonds. The average molecular weight is 363 g/mol. The van der Waals surface area contributed by atoms with E-state index in [1.165, 1.54) is 18.2 Å². The number of aliphatic carboxylic acids is 1. The Bertz CT molecular complexity index is 765. The van der Waals surface area contributed by atoms with E-state index in [1.807, 2.05) is 5.32 Å². The maximum Gasteiger partial charge on any atom is 0.353 e. The number of para-hydroxylation sites is 1. The monoisotopic (exact) mass is 363 g/mol. The molecule has 26 heavy (non-hydrogen) atoms. The van der Waals surface area contributed by atoms with Crippen molar-refractivity contribution in [1.82, 2.24) is 5.32 Å². The molecule has 0 radical (unpaired) electrons. The number of benzene rings is 2. The number of carbonyl (C=O) groups is 2. The molecule has 0 aliphatic carbocycles. The van der Waals surface area contributed by atoms with Crippen LogP contribution in [0.15, 0.2) is 54.6 Å². The largest absolute Gasteiger partial charge is 0.493 e. The number of amides is 1. The van der Waals surface area contributed by atoms with Gasteiger partial charge in [-0.25, -0.2) is 0 Å². The first-order valence-corrected chi connectivity index (χ1v) is 8.04. The van der Waals surface area contributed by atoms with E-state index in [1.54, 1.807) is 37.3 Å². The Morgan fingerprint density at radius 1 is 1.12 bits per heavy atom. The minimum atomic E-state index is -3.86. The van der Waals surface area contributed by atoms with Gasteiger partial charge in [0.15, 0.2) is 0 Å². The van der Waals surface area contributed by atoms with E-state index in [4.69, 9.17) is 4.74 Å². The summed E-state index contributed by atoms with van der Waals surface area (Å²) < 4.78 is 34.2. The molecule has 0 aromatic heterocycles. The fourth-order valence-corrected chi connectivity index (χ4v) is 2.47. The van der Waals surface area contributed by atoms with Crippen molar-refractivity contribution in [2.45, 2.75) is 18.8 Å².